The molecule has 2 nitrogen and oxygen atoms in total. The van der Waals surface area contributed by atoms with E-state index in [9.17, 15) is 4.79 Å². The molecule has 4 heteroatoms. The van der Waals surface area contributed by atoms with Gasteiger partial charge in [-0.2, -0.15) is 4.99 Å². The molecule has 0 aliphatic carbocycles. The van der Waals surface area contributed by atoms with Crippen molar-refractivity contribution in [2.75, 3.05) is 6.26 Å². The number of benzene rings is 1. The highest BCUT2D eigenvalue weighted by Gasteiger charge is 2.27. The van der Waals surface area contributed by atoms with Crippen LogP contribution in [-0.4, -0.2) is 21.8 Å². The fourth-order valence-electron chi connectivity index (χ4n) is 1.52. The SMILES string of the molecule is CSC1=NC(=O)C(Cc2ccc(C)cc2)S1. The zero-order chi connectivity index (χ0) is 11.5. The van der Waals surface area contributed by atoms with Gasteiger partial charge in [0.05, 0.1) is 5.25 Å². The van der Waals surface area contributed by atoms with E-state index < -0.39 is 0 Å². The van der Waals surface area contributed by atoms with E-state index in [0.29, 0.717) is 0 Å². The van der Waals surface area contributed by atoms with Gasteiger partial charge in [-0.05, 0) is 25.2 Å². The zero-order valence-corrected chi connectivity index (χ0v) is 10.9. The van der Waals surface area contributed by atoms with Gasteiger partial charge < -0.3 is 0 Å². The fourth-order valence-corrected chi connectivity index (χ4v) is 3.25. The third kappa shape index (κ3) is 2.68. The summed E-state index contributed by atoms with van der Waals surface area (Å²) in [6, 6.07) is 8.33. The van der Waals surface area contributed by atoms with Gasteiger partial charge in [0, 0.05) is 0 Å². The molecule has 0 saturated carbocycles. The second-order valence-corrected chi connectivity index (χ2v) is 5.96. The number of rotatable bonds is 2. The Bertz CT molecular complexity index is 425. The maximum atomic E-state index is 11.6. The summed E-state index contributed by atoms with van der Waals surface area (Å²) in [5.41, 5.74) is 2.45. The lowest BCUT2D eigenvalue weighted by Crippen LogP contribution is -2.13. The van der Waals surface area contributed by atoms with Crippen LogP contribution in [0.4, 0.5) is 0 Å². The molecule has 1 amide bonds. The number of nitrogens with zero attached hydrogens (tertiary/aromatic N) is 1. The van der Waals surface area contributed by atoms with Gasteiger partial charge in [-0.25, -0.2) is 0 Å². The molecule has 0 bridgehead atoms. The van der Waals surface area contributed by atoms with Crippen LogP contribution in [0.25, 0.3) is 0 Å². The van der Waals surface area contributed by atoms with Crippen LogP contribution in [0.15, 0.2) is 29.3 Å². The molecule has 16 heavy (non-hydrogen) atoms. The summed E-state index contributed by atoms with van der Waals surface area (Å²) in [6.07, 6.45) is 2.73. The lowest BCUT2D eigenvalue weighted by atomic mass is 10.1. The molecule has 0 saturated heterocycles. The minimum absolute atomic E-state index is 0.00919. The molecular formula is C12H13NOS2. The first-order chi connectivity index (χ1) is 7.69. The lowest BCUT2D eigenvalue weighted by molar-refractivity contribution is -0.117. The predicted molar refractivity (Wildman–Crippen MR) is 72.2 cm³/mol. The molecule has 0 aromatic heterocycles. The maximum absolute atomic E-state index is 11.6. The molecule has 0 fully saturated rings. The van der Waals surface area contributed by atoms with E-state index in [1.165, 1.54) is 11.1 Å². The van der Waals surface area contributed by atoms with Crippen molar-refractivity contribution >= 4 is 33.8 Å². The van der Waals surface area contributed by atoms with Gasteiger partial charge in [0.25, 0.3) is 5.91 Å². The first-order valence-corrected chi connectivity index (χ1v) is 7.18. The average Bonchev–Trinajstić information content (AvgIpc) is 2.63. The number of carbonyl (C=O) groups excluding carboxylic acids is 1. The molecule has 1 heterocycles. The van der Waals surface area contributed by atoms with Crippen LogP contribution >= 0.6 is 23.5 Å². The van der Waals surface area contributed by atoms with Gasteiger partial charge >= 0.3 is 0 Å². The number of hydrogen-bond acceptors (Lipinski definition) is 3. The topological polar surface area (TPSA) is 29.4 Å². The van der Waals surface area contributed by atoms with Gasteiger partial charge in [0.2, 0.25) is 0 Å². The second kappa shape index (κ2) is 5.06. The first-order valence-electron chi connectivity index (χ1n) is 5.08. The van der Waals surface area contributed by atoms with Crippen molar-refractivity contribution in [2.45, 2.75) is 18.6 Å². The smallest absolute Gasteiger partial charge is 0.261 e. The third-order valence-corrected chi connectivity index (χ3v) is 4.61. The van der Waals surface area contributed by atoms with Crippen molar-refractivity contribution in [1.82, 2.24) is 0 Å². The standard InChI is InChI=1S/C12H13NOS2/c1-8-3-5-9(6-4-8)7-10-11(14)13-12(15-2)16-10/h3-6,10H,7H2,1-2H3. The summed E-state index contributed by atoms with van der Waals surface area (Å²) >= 11 is 3.13. The van der Waals surface area contributed by atoms with Crippen LogP contribution in [0.5, 0.6) is 0 Å². The molecule has 1 aliphatic heterocycles. The van der Waals surface area contributed by atoms with Crippen LogP contribution in [0.2, 0.25) is 0 Å². The molecule has 1 unspecified atom stereocenters. The molecule has 1 aromatic carbocycles. The molecule has 1 atom stereocenters. The van der Waals surface area contributed by atoms with Crippen molar-refractivity contribution in [3.63, 3.8) is 0 Å². The van der Waals surface area contributed by atoms with E-state index in [1.807, 2.05) is 6.26 Å². The quantitative estimate of drug-likeness (QED) is 0.809. The Morgan fingerprint density at radius 2 is 2.06 bits per heavy atom. The molecule has 0 radical (unpaired) electrons. The van der Waals surface area contributed by atoms with Crippen molar-refractivity contribution in [1.29, 1.82) is 0 Å². The fraction of sp³-hybridized carbons (Fsp3) is 0.333. The van der Waals surface area contributed by atoms with Crippen LogP contribution < -0.4 is 0 Å². The lowest BCUT2D eigenvalue weighted by Gasteiger charge is -2.06. The summed E-state index contributed by atoms with van der Waals surface area (Å²) in [4.78, 5) is 15.6. The van der Waals surface area contributed by atoms with Gasteiger partial charge in [0.15, 0.2) is 0 Å². The maximum Gasteiger partial charge on any atom is 0.261 e. The predicted octanol–water partition coefficient (Wildman–Crippen LogP) is 2.90. The second-order valence-electron chi connectivity index (χ2n) is 3.72. The first kappa shape index (κ1) is 11.7. The highest BCUT2D eigenvalue weighted by atomic mass is 32.2. The summed E-state index contributed by atoms with van der Waals surface area (Å²) < 4.78 is 0.891. The number of aryl methyl sites for hydroxylation is 1. The van der Waals surface area contributed by atoms with Crippen LogP contribution in [0.1, 0.15) is 11.1 Å². The van der Waals surface area contributed by atoms with Crippen molar-refractivity contribution in [3.05, 3.63) is 35.4 Å². The number of thioether (sulfide) groups is 2. The van der Waals surface area contributed by atoms with Gasteiger partial charge in [-0.1, -0.05) is 41.6 Å². The summed E-state index contributed by atoms with van der Waals surface area (Å²) in [5, 5.41) is -0.0230. The van der Waals surface area contributed by atoms with E-state index >= 15 is 0 Å². The van der Waals surface area contributed by atoms with Crippen LogP contribution in [0, 0.1) is 6.92 Å². The third-order valence-electron chi connectivity index (χ3n) is 2.44. The highest BCUT2D eigenvalue weighted by Crippen LogP contribution is 2.30. The van der Waals surface area contributed by atoms with Crippen LogP contribution in [0.3, 0.4) is 0 Å². The van der Waals surface area contributed by atoms with Crippen LogP contribution in [-0.2, 0) is 11.2 Å². The Labute approximate surface area is 104 Å². The monoisotopic (exact) mass is 251 g/mol. The van der Waals surface area contributed by atoms with E-state index in [1.54, 1.807) is 23.5 Å². The van der Waals surface area contributed by atoms with Crippen molar-refractivity contribution in [2.24, 2.45) is 4.99 Å². The molecule has 84 valence electrons. The Morgan fingerprint density at radius 3 is 2.62 bits per heavy atom. The Morgan fingerprint density at radius 1 is 1.38 bits per heavy atom. The highest BCUT2D eigenvalue weighted by molar-refractivity contribution is 8.39. The van der Waals surface area contributed by atoms with E-state index in [4.69, 9.17) is 0 Å². The van der Waals surface area contributed by atoms with Gasteiger partial charge in [0.1, 0.15) is 4.38 Å². The zero-order valence-electron chi connectivity index (χ0n) is 9.27. The largest absolute Gasteiger partial charge is 0.271 e. The molecule has 0 spiro atoms. The van der Waals surface area contributed by atoms with E-state index in [0.717, 1.165) is 10.8 Å². The Hall–Kier alpha value is -0.740. The summed E-state index contributed by atoms with van der Waals surface area (Å²) in [7, 11) is 0. The molecule has 1 aliphatic rings. The summed E-state index contributed by atoms with van der Waals surface area (Å²) in [5.74, 6) is 0.00919. The van der Waals surface area contributed by atoms with Crippen molar-refractivity contribution < 1.29 is 4.79 Å². The molecule has 1 aromatic rings. The van der Waals surface area contributed by atoms with E-state index in [2.05, 4.69) is 36.2 Å². The molecule has 2 rings (SSSR count). The normalized spacial score (nSPS) is 20.0. The summed E-state index contributed by atoms with van der Waals surface area (Å²) in [6.45, 7) is 2.06. The minimum atomic E-state index is -0.0230. The minimum Gasteiger partial charge on any atom is -0.271 e. The average molecular weight is 251 g/mol. The van der Waals surface area contributed by atoms with Gasteiger partial charge in [-0.3, -0.25) is 4.79 Å². The number of hydrogen-bond donors (Lipinski definition) is 0. The van der Waals surface area contributed by atoms with E-state index in [-0.39, 0.29) is 11.2 Å². The van der Waals surface area contributed by atoms with Gasteiger partial charge in [-0.15, -0.1) is 11.8 Å². The molecule has 0 N–H and O–H groups in total. The number of amides is 1. The Kier molecular flexibility index (Phi) is 3.71. The number of carbonyl (C=O) groups is 1. The molecular weight excluding hydrogens is 238 g/mol. The number of aliphatic imine (C=N–C) groups is 1. The Balaban J connectivity index is 2.02. The van der Waals surface area contributed by atoms with Crippen molar-refractivity contribution in [3.8, 4) is 0 Å².